The van der Waals surface area contributed by atoms with Gasteiger partial charge < -0.3 is 10.0 Å². The average molecular weight is 323 g/mol. The van der Waals surface area contributed by atoms with Crippen LogP contribution in [0.3, 0.4) is 0 Å². The normalized spacial score (nSPS) is 17.0. The zero-order valence-electron chi connectivity index (χ0n) is 13.7. The number of benzene rings is 2. The van der Waals surface area contributed by atoms with Crippen molar-refractivity contribution in [1.82, 2.24) is 0 Å². The topological polar surface area (TPSA) is 57.6 Å². The number of carbonyl (C=O) groups is 2. The predicted molar refractivity (Wildman–Crippen MR) is 93.5 cm³/mol. The zero-order valence-corrected chi connectivity index (χ0v) is 13.7. The molecular formula is C20H21NO3. The molecule has 4 heteroatoms. The van der Waals surface area contributed by atoms with Gasteiger partial charge in [0.05, 0.1) is 6.42 Å². The molecule has 0 bridgehead atoms. The van der Waals surface area contributed by atoms with E-state index in [1.165, 1.54) is 5.56 Å². The van der Waals surface area contributed by atoms with Gasteiger partial charge in [-0.1, -0.05) is 37.3 Å². The quantitative estimate of drug-likeness (QED) is 0.933. The summed E-state index contributed by atoms with van der Waals surface area (Å²) in [5.74, 6) is -0.458. The number of carbonyl (C=O) groups excluding carboxylic acids is 1. The summed E-state index contributed by atoms with van der Waals surface area (Å²) in [6.45, 7) is 2.91. The van der Waals surface area contributed by atoms with Crippen molar-refractivity contribution >= 4 is 17.6 Å². The standard InChI is InChI=1S/C20H21NO3/c1-14-5-4-12-21(18-7-3-2-6-17(14)18)20(24)16-10-8-15(9-11-16)13-19(22)23/h2-3,6-11,14H,4-5,12-13H2,1H3,(H,22,23). The Balaban J connectivity index is 1.89. The van der Waals surface area contributed by atoms with Crippen LogP contribution in [0.4, 0.5) is 5.69 Å². The second kappa shape index (κ2) is 6.87. The Labute approximate surface area is 141 Å². The lowest BCUT2D eigenvalue weighted by atomic mass is 9.96. The molecule has 0 fully saturated rings. The summed E-state index contributed by atoms with van der Waals surface area (Å²) in [7, 11) is 0. The van der Waals surface area contributed by atoms with Crippen LogP contribution < -0.4 is 4.90 Å². The molecule has 3 rings (SSSR count). The van der Waals surface area contributed by atoms with E-state index >= 15 is 0 Å². The van der Waals surface area contributed by atoms with E-state index in [9.17, 15) is 9.59 Å². The van der Waals surface area contributed by atoms with Gasteiger partial charge in [0.1, 0.15) is 0 Å². The van der Waals surface area contributed by atoms with Crippen molar-refractivity contribution in [1.29, 1.82) is 0 Å². The van der Waals surface area contributed by atoms with Gasteiger partial charge in [-0.15, -0.1) is 0 Å². The molecule has 2 aromatic carbocycles. The summed E-state index contributed by atoms with van der Waals surface area (Å²) >= 11 is 0. The van der Waals surface area contributed by atoms with Crippen LogP contribution in [0.15, 0.2) is 48.5 Å². The minimum Gasteiger partial charge on any atom is -0.481 e. The Hall–Kier alpha value is -2.62. The Morgan fingerprint density at radius 3 is 2.54 bits per heavy atom. The van der Waals surface area contributed by atoms with Crippen LogP contribution in [0.25, 0.3) is 0 Å². The van der Waals surface area contributed by atoms with E-state index in [2.05, 4.69) is 13.0 Å². The fraction of sp³-hybridized carbons (Fsp3) is 0.300. The first-order chi connectivity index (χ1) is 11.6. The first kappa shape index (κ1) is 16.2. The molecule has 124 valence electrons. The minimum atomic E-state index is -0.871. The maximum atomic E-state index is 13.0. The monoisotopic (exact) mass is 323 g/mol. The molecule has 0 saturated heterocycles. The summed E-state index contributed by atoms with van der Waals surface area (Å²) in [6.07, 6.45) is 2.01. The highest BCUT2D eigenvalue weighted by Gasteiger charge is 2.24. The number of hydrogen-bond donors (Lipinski definition) is 1. The van der Waals surface area contributed by atoms with Crippen LogP contribution in [0.5, 0.6) is 0 Å². The van der Waals surface area contributed by atoms with E-state index in [4.69, 9.17) is 5.11 Å². The average Bonchev–Trinajstić information content (AvgIpc) is 2.74. The molecular weight excluding hydrogens is 302 g/mol. The van der Waals surface area contributed by atoms with Crippen LogP contribution in [0, 0.1) is 0 Å². The molecule has 24 heavy (non-hydrogen) atoms. The number of rotatable bonds is 3. The van der Waals surface area contributed by atoms with Crippen LogP contribution in [-0.2, 0) is 11.2 Å². The molecule has 2 aromatic rings. The van der Waals surface area contributed by atoms with Crippen molar-refractivity contribution in [3.8, 4) is 0 Å². The van der Waals surface area contributed by atoms with Gasteiger partial charge in [0.15, 0.2) is 0 Å². The van der Waals surface area contributed by atoms with Gasteiger partial charge >= 0.3 is 5.97 Å². The molecule has 1 unspecified atom stereocenters. The Kier molecular flexibility index (Phi) is 4.65. The molecule has 0 spiro atoms. The van der Waals surface area contributed by atoms with Gasteiger partial charge in [0.2, 0.25) is 0 Å². The highest BCUT2D eigenvalue weighted by molar-refractivity contribution is 6.06. The van der Waals surface area contributed by atoms with E-state index in [1.54, 1.807) is 24.3 Å². The van der Waals surface area contributed by atoms with Gasteiger partial charge in [-0.05, 0) is 48.1 Å². The number of hydrogen-bond acceptors (Lipinski definition) is 2. The Bertz CT molecular complexity index is 752. The van der Waals surface area contributed by atoms with Crippen molar-refractivity contribution < 1.29 is 14.7 Å². The van der Waals surface area contributed by atoms with Crippen LogP contribution >= 0.6 is 0 Å². The smallest absolute Gasteiger partial charge is 0.307 e. The third-order valence-corrected chi connectivity index (χ3v) is 4.58. The van der Waals surface area contributed by atoms with Gasteiger partial charge in [0, 0.05) is 17.8 Å². The van der Waals surface area contributed by atoms with Crippen molar-refractivity contribution in [3.63, 3.8) is 0 Å². The number of aliphatic carboxylic acids is 1. The van der Waals surface area contributed by atoms with Crippen LogP contribution in [0.1, 0.15) is 47.2 Å². The van der Waals surface area contributed by atoms with Crippen molar-refractivity contribution in [2.75, 3.05) is 11.4 Å². The zero-order chi connectivity index (χ0) is 17.1. The van der Waals surface area contributed by atoms with E-state index in [0.29, 0.717) is 23.6 Å². The minimum absolute atomic E-state index is 0.0292. The molecule has 0 radical (unpaired) electrons. The fourth-order valence-corrected chi connectivity index (χ4v) is 3.29. The molecule has 1 heterocycles. The fourth-order valence-electron chi connectivity index (χ4n) is 3.29. The number of amides is 1. The number of nitrogens with zero attached hydrogens (tertiary/aromatic N) is 1. The SMILES string of the molecule is CC1CCCN(C(=O)c2ccc(CC(=O)O)cc2)c2ccccc21. The molecule has 1 amide bonds. The number of carboxylic acid groups (broad SMARTS) is 1. The third kappa shape index (κ3) is 3.32. The lowest BCUT2D eigenvalue weighted by molar-refractivity contribution is -0.136. The van der Waals surface area contributed by atoms with Gasteiger partial charge in [-0.25, -0.2) is 0 Å². The summed E-state index contributed by atoms with van der Waals surface area (Å²) in [5, 5.41) is 8.84. The second-order valence-electron chi connectivity index (χ2n) is 6.33. The maximum Gasteiger partial charge on any atom is 0.307 e. The summed E-state index contributed by atoms with van der Waals surface area (Å²) in [6, 6.07) is 15.0. The summed E-state index contributed by atoms with van der Waals surface area (Å²) in [5.41, 5.74) is 3.49. The van der Waals surface area contributed by atoms with Crippen LogP contribution in [0.2, 0.25) is 0 Å². The number of carboxylic acids is 1. The number of fused-ring (bicyclic) bond motifs is 1. The highest BCUT2D eigenvalue weighted by Crippen LogP contribution is 2.34. The Morgan fingerprint density at radius 1 is 1.12 bits per heavy atom. The predicted octanol–water partition coefficient (Wildman–Crippen LogP) is 3.86. The molecule has 1 aliphatic rings. The maximum absolute atomic E-state index is 13.0. The van der Waals surface area contributed by atoms with Crippen molar-refractivity contribution in [3.05, 3.63) is 65.2 Å². The molecule has 0 aliphatic carbocycles. The largest absolute Gasteiger partial charge is 0.481 e. The molecule has 0 aromatic heterocycles. The number of para-hydroxylation sites is 1. The van der Waals surface area contributed by atoms with E-state index < -0.39 is 5.97 Å². The Morgan fingerprint density at radius 2 is 1.83 bits per heavy atom. The first-order valence-corrected chi connectivity index (χ1v) is 8.28. The lowest BCUT2D eigenvalue weighted by Gasteiger charge is -2.23. The van der Waals surface area contributed by atoms with Gasteiger partial charge in [-0.3, -0.25) is 9.59 Å². The van der Waals surface area contributed by atoms with Gasteiger partial charge in [-0.2, -0.15) is 0 Å². The third-order valence-electron chi connectivity index (χ3n) is 4.58. The number of anilines is 1. The van der Waals surface area contributed by atoms with Crippen molar-refractivity contribution in [2.24, 2.45) is 0 Å². The molecule has 4 nitrogen and oxygen atoms in total. The first-order valence-electron chi connectivity index (χ1n) is 8.28. The highest BCUT2D eigenvalue weighted by atomic mass is 16.4. The lowest BCUT2D eigenvalue weighted by Crippen LogP contribution is -2.31. The van der Waals surface area contributed by atoms with E-state index in [1.807, 2.05) is 23.1 Å². The van der Waals surface area contributed by atoms with E-state index in [0.717, 1.165) is 18.5 Å². The molecule has 1 aliphatic heterocycles. The molecule has 0 saturated carbocycles. The molecule has 1 N–H and O–H groups in total. The van der Waals surface area contributed by atoms with Gasteiger partial charge in [0.25, 0.3) is 5.91 Å². The summed E-state index contributed by atoms with van der Waals surface area (Å²) < 4.78 is 0. The van der Waals surface area contributed by atoms with Crippen molar-refractivity contribution in [2.45, 2.75) is 32.1 Å². The molecule has 1 atom stereocenters. The van der Waals surface area contributed by atoms with Crippen LogP contribution in [-0.4, -0.2) is 23.5 Å². The van der Waals surface area contributed by atoms with E-state index in [-0.39, 0.29) is 12.3 Å². The second-order valence-corrected chi connectivity index (χ2v) is 6.33. The summed E-state index contributed by atoms with van der Waals surface area (Å²) in [4.78, 5) is 25.6.